The molecule has 0 amide bonds. The number of hydrogen-bond acceptors (Lipinski definition) is 3. The maximum Gasteiger partial charge on any atom is 0.194 e. The number of hydrogen-bond donors (Lipinski definition) is 0. The van der Waals surface area contributed by atoms with E-state index in [9.17, 15) is 0 Å². The molecule has 1 aromatic heterocycles. The van der Waals surface area contributed by atoms with Crippen molar-refractivity contribution in [1.82, 2.24) is 4.98 Å². The first-order valence-electron chi connectivity index (χ1n) is 6.17. The standard InChI is InChI=1S/C13H21NO2/c1-9(12-4-6-15-7-5-12)8-13-14-10(2)11(3)16-13/h9,12H,4-8H2,1-3H3/t9-/m0/s1. The third-order valence-electron chi connectivity index (χ3n) is 3.64. The van der Waals surface area contributed by atoms with Crippen LogP contribution in [0.15, 0.2) is 4.42 Å². The first-order valence-corrected chi connectivity index (χ1v) is 6.17. The van der Waals surface area contributed by atoms with Crippen LogP contribution in [0, 0.1) is 25.7 Å². The zero-order valence-electron chi connectivity index (χ0n) is 10.5. The second kappa shape index (κ2) is 5.00. The van der Waals surface area contributed by atoms with Crippen LogP contribution in [0.2, 0.25) is 0 Å². The summed E-state index contributed by atoms with van der Waals surface area (Å²) in [5.74, 6) is 3.26. The summed E-state index contributed by atoms with van der Waals surface area (Å²) in [5, 5.41) is 0. The van der Waals surface area contributed by atoms with Crippen LogP contribution in [0.4, 0.5) is 0 Å². The number of oxazole rings is 1. The Morgan fingerprint density at radius 1 is 1.31 bits per heavy atom. The van der Waals surface area contributed by atoms with Crippen molar-refractivity contribution in [2.45, 2.75) is 40.0 Å². The smallest absolute Gasteiger partial charge is 0.194 e. The molecular weight excluding hydrogens is 202 g/mol. The lowest BCUT2D eigenvalue weighted by molar-refractivity contribution is 0.0485. The number of nitrogens with zero attached hydrogens (tertiary/aromatic N) is 1. The molecule has 0 aromatic carbocycles. The van der Waals surface area contributed by atoms with E-state index < -0.39 is 0 Å². The fourth-order valence-electron chi connectivity index (χ4n) is 2.35. The highest BCUT2D eigenvalue weighted by molar-refractivity contribution is 5.05. The van der Waals surface area contributed by atoms with Crippen molar-refractivity contribution in [1.29, 1.82) is 0 Å². The molecular formula is C13H21NO2. The summed E-state index contributed by atoms with van der Waals surface area (Å²) in [6, 6.07) is 0. The van der Waals surface area contributed by atoms with E-state index in [1.165, 1.54) is 12.8 Å². The summed E-state index contributed by atoms with van der Waals surface area (Å²) in [6.07, 6.45) is 3.32. The predicted octanol–water partition coefficient (Wildman–Crippen LogP) is 2.90. The fraction of sp³-hybridized carbons (Fsp3) is 0.769. The minimum Gasteiger partial charge on any atom is -0.446 e. The van der Waals surface area contributed by atoms with Gasteiger partial charge in [-0.3, -0.25) is 0 Å². The minimum absolute atomic E-state index is 0.640. The van der Waals surface area contributed by atoms with Crippen molar-refractivity contribution in [3.05, 3.63) is 17.3 Å². The maximum absolute atomic E-state index is 5.63. The third-order valence-corrected chi connectivity index (χ3v) is 3.64. The van der Waals surface area contributed by atoms with E-state index in [4.69, 9.17) is 9.15 Å². The van der Waals surface area contributed by atoms with Crippen LogP contribution in [-0.2, 0) is 11.2 Å². The molecule has 1 fully saturated rings. The lowest BCUT2D eigenvalue weighted by Crippen LogP contribution is -2.23. The van der Waals surface area contributed by atoms with E-state index in [0.717, 1.165) is 42.9 Å². The first-order chi connectivity index (χ1) is 7.66. The Kier molecular flexibility index (Phi) is 3.64. The average molecular weight is 223 g/mol. The highest BCUT2D eigenvalue weighted by Crippen LogP contribution is 2.26. The molecule has 2 rings (SSSR count). The summed E-state index contributed by atoms with van der Waals surface area (Å²) in [5.41, 5.74) is 1.02. The predicted molar refractivity (Wildman–Crippen MR) is 62.4 cm³/mol. The van der Waals surface area contributed by atoms with Gasteiger partial charge in [-0.15, -0.1) is 0 Å². The Balaban J connectivity index is 1.93. The summed E-state index contributed by atoms with van der Waals surface area (Å²) < 4.78 is 11.0. The monoisotopic (exact) mass is 223 g/mol. The van der Waals surface area contributed by atoms with Crippen LogP contribution >= 0.6 is 0 Å². The van der Waals surface area contributed by atoms with E-state index in [1.54, 1.807) is 0 Å². The second-order valence-corrected chi connectivity index (χ2v) is 4.88. The van der Waals surface area contributed by atoms with Crippen LogP contribution in [0.3, 0.4) is 0 Å². The van der Waals surface area contributed by atoms with Crippen molar-refractivity contribution in [3.8, 4) is 0 Å². The largest absolute Gasteiger partial charge is 0.446 e. The van der Waals surface area contributed by atoms with Gasteiger partial charge in [0.2, 0.25) is 0 Å². The average Bonchev–Trinajstić information content (AvgIpc) is 2.59. The quantitative estimate of drug-likeness (QED) is 0.790. The van der Waals surface area contributed by atoms with Gasteiger partial charge < -0.3 is 9.15 Å². The Bertz CT molecular complexity index is 320. The molecule has 1 aliphatic heterocycles. The maximum atomic E-state index is 5.63. The first kappa shape index (κ1) is 11.6. The molecule has 1 aromatic rings. The Labute approximate surface area is 97.2 Å². The molecule has 0 bridgehead atoms. The molecule has 0 aliphatic carbocycles. The summed E-state index contributed by atoms with van der Waals surface area (Å²) in [4.78, 5) is 4.45. The van der Waals surface area contributed by atoms with E-state index in [0.29, 0.717) is 5.92 Å². The van der Waals surface area contributed by atoms with Gasteiger partial charge >= 0.3 is 0 Å². The molecule has 0 spiro atoms. The summed E-state index contributed by atoms with van der Waals surface area (Å²) >= 11 is 0. The molecule has 0 unspecified atom stereocenters. The van der Waals surface area contributed by atoms with Gasteiger partial charge in [-0.25, -0.2) is 4.98 Å². The van der Waals surface area contributed by atoms with Crippen LogP contribution < -0.4 is 0 Å². The zero-order valence-corrected chi connectivity index (χ0v) is 10.5. The molecule has 0 N–H and O–H groups in total. The van der Waals surface area contributed by atoms with Gasteiger partial charge in [0.25, 0.3) is 0 Å². The third kappa shape index (κ3) is 2.64. The normalized spacial score (nSPS) is 19.9. The highest BCUT2D eigenvalue weighted by atomic mass is 16.5. The number of aryl methyl sites for hydroxylation is 2. The van der Waals surface area contributed by atoms with Gasteiger partial charge in [0, 0.05) is 19.6 Å². The SMILES string of the molecule is Cc1nc(C[C@H](C)C2CCOCC2)oc1C. The highest BCUT2D eigenvalue weighted by Gasteiger charge is 2.22. The molecule has 1 saturated heterocycles. The van der Waals surface area contributed by atoms with Gasteiger partial charge in [-0.1, -0.05) is 6.92 Å². The van der Waals surface area contributed by atoms with E-state index in [1.807, 2.05) is 13.8 Å². The Morgan fingerprint density at radius 3 is 2.56 bits per heavy atom. The molecule has 2 heterocycles. The zero-order chi connectivity index (χ0) is 11.5. The number of rotatable bonds is 3. The molecule has 16 heavy (non-hydrogen) atoms. The molecule has 3 heteroatoms. The number of aromatic nitrogens is 1. The van der Waals surface area contributed by atoms with Gasteiger partial charge in [0.1, 0.15) is 5.76 Å². The van der Waals surface area contributed by atoms with Crippen molar-refractivity contribution >= 4 is 0 Å². The van der Waals surface area contributed by atoms with Crippen LogP contribution in [-0.4, -0.2) is 18.2 Å². The fourth-order valence-corrected chi connectivity index (χ4v) is 2.35. The van der Waals surface area contributed by atoms with Gasteiger partial charge in [-0.05, 0) is 38.5 Å². The topological polar surface area (TPSA) is 35.3 Å². The lowest BCUT2D eigenvalue weighted by atomic mass is 9.85. The Morgan fingerprint density at radius 2 is 2.00 bits per heavy atom. The van der Waals surface area contributed by atoms with Crippen LogP contribution in [0.5, 0.6) is 0 Å². The van der Waals surface area contributed by atoms with Gasteiger partial charge in [0.05, 0.1) is 5.69 Å². The minimum atomic E-state index is 0.640. The van der Waals surface area contributed by atoms with Gasteiger partial charge in [-0.2, -0.15) is 0 Å². The second-order valence-electron chi connectivity index (χ2n) is 4.88. The summed E-state index contributed by atoms with van der Waals surface area (Å²) in [6.45, 7) is 8.11. The van der Waals surface area contributed by atoms with E-state index in [2.05, 4.69) is 11.9 Å². The van der Waals surface area contributed by atoms with Crippen LogP contribution in [0.1, 0.15) is 37.1 Å². The van der Waals surface area contributed by atoms with Crippen molar-refractivity contribution < 1.29 is 9.15 Å². The summed E-state index contributed by atoms with van der Waals surface area (Å²) in [7, 11) is 0. The molecule has 1 aliphatic rings. The van der Waals surface area contributed by atoms with Gasteiger partial charge in [0.15, 0.2) is 5.89 Å². The molecule has 3 nitrogen and oxygen atoms in total. The molecule has 1 atom stereocenters. The Hall–Kier alpha value is -0.830. The molecule has 90 valence electrons. The molecule has 0 saturated carbocycles. The number of ether oxygens (including phenoxy) is 1. The van der Waals surface area contributed by atoms with Crippen molar-refractivity contribution in [2.24, 2.45) is 11.8 Å². The van der Waals surface area contributed by atoms with Crippen molar-refractivity contribution in [2.75, 3.05) is 13.2 Å². The van der Waals surface area contributed by atoms with E-state index >= 15 is 0 Å². The lowest BCUT2D eigenvalue weighted by Gasteiger charge is -2.26. The molecule has 0 radical (unpaired) electrons. The van der Waals surface area contributed by atoms with Crippen LogP contribution in [0.25, 0.3) is 0 Å². The van der Waals surface area contributed by atoms with E-state index in [-0.39, 0.29) is 0 Å². The van der Waals surface area contributed by atoms with Crippen molar-refractivity contribution in [3.63, 3.8) is 0 Å².